The van der Waals surface area contributed by atoms with Crippen LogP contribution in [0.4, 0.5) is 0 Å². The van der Waals surface area contributed by atoms with Gasteiger partial charge >= 0.3 is 0 Å². The van der Waals surface area contributed by atoms with E-state index in [0.717, 1.165) is 18.5 Å². The zero-order valence-corrected chi connectivity index (χ0v) is 18.5. The predicted octanol–water partition coefficient (Wildman–Crippen LogP) is 1.83. The number of carbonyl (C=O) groups excluding carboxylic acids is 1. The highest BCUT2D eigenvalue weighted by atomic mass is 16.7. The standard InChI is InChI=1S/C22H20O7.C2H7N/c1-3-4-13-7-15-18(9-17(13)26-10-20(23)24)29-12(2)21(22(15)25)14-5-6-16-19(8-14)28-11-27-16;1-2-3/h5-9H,3-4,10-11H2,1-2H3,(H,23,24);2-3H2,1H3. The second-order valence-corrected chi connectivity index (χ2v) is 7.30. The smallest absolute Gasteiger partial charge is 0.231 e. The van der Waals surface area contributed by atoms with Gasteiger partial charge in [0.15, 0.2) is 11.5 Å². The van der Waals surface area contributed by atoms with E-state index in [4.69, 9.17) is 18.6 Å². The molecule has 32 heavy (non-hydrogen) atoms. The molecule has 8 heteroatoms. The molecule has 2 heterocycles. The van der Waals surface area contributed by atoms with Gasteiger partial charge in [-0.1, -0.05) is 19.4 Å². The fourth-order valence-corrected chi connectivity index (χ4v) is 3.50. The van der Waals surface area contributed by atoms with E-state index in [1.165, 1.54) is 0 Å². The highest BCUT2D eigenvalue weighted by molar-refractivity contribution is 5.85. The molecule has 4 rings (SSSR count). The number of hydrogen-bond acceptors (Lipinski definition) is 7. The summed E-state index contributed by atoms with van der Waals surface area (Å²) in [7, 11) is 0. The minimum absolute atomic E-state index is 0.152. The van der Waals surface area contributed by atoms with Crippen molar-refractivity contribution in [1.29, 1.82) is 0 Å². The van der Waals surface area contributed by atoms with Crippen LogP contribution in [0.1, 0.15) is 31.6 Å². The van der Waals surface area contributed by atoms with Crippen molar-refractivity contribution in [3.05, 3.63) is 51.9 Å². The molecular formula is C24H27NO7. The first-order valence-electron chi connectivity index (χ1n) is 10.5. The van der Waals surface area contributed by atoms with Gasteiger partial charge in [0, 0.05) is 6.07 Å². The average Bonchev–Trinajstić information content (AvgIpc) is 3.21. The largest absolute Gasteiger partial charge is 0.546 e. The monoisotopic (exact) mass is 441 g/mol. The molecule has 0 radical (unpaired) electrons. The van der Waals surface area contributed by atoms with E-state index in [-0.39, 0.29) is 12.2 Å². The summed E-state index contributed by atoms with van der Waals surface area (Å²) in [5, 5.41) is 11.2. The van der Waals surface area contributed by atoms with Crippen molar-refractivity contribution < 1.29 is 34.3 Å². The molecule has 0 saturated carbocycles. The van der Waals surface area contributed by atoms with Crippen molar-refractivity contribution in [2.75, 3.05) is 19.9 Å². The molecule has 0 bridgehead atoms. The maximum atomic E-state index is 13.3. The third kappa shape index (κ3) is 4.86. The summed E-state index contributed by atoms with van der Waals surface area (Å²) < 4.78 is 22.0. The topological polar surface area (TPSA) is 126 Å². The van der Waals surface area contributed by atoms with Crippen LogP contribution in [0.2, 0.25) is 0 Å². The van der Waals surface area contributed by atoms with Crippen LogP contribution >= 0.6 is 0 Å². The Labute approximate surface area is 185 Å². The van der Waals surface area contributed by atoms with Crippen molar-refractivity contribution in [3.63, 3.8) is 0 Å². The zero-order valence-electron chi connectivity index (χ0n) is 18.5. The number of carbonyl (C=O) groups is 1. The Balaban J connectivity index is 0.000000913. The molecule has 0 aliphatic carbocycles. The number of quaternary nitrogens is 1. The number of ether oxygens (including phenoxy) is 3. The summed E-state index contributed by atoms with van der Waals surface area (Å²) in [4.78, 5) is 24.1. The number of hydrogen-bond donors (Lipinski definition) is 1. The SMILES string of the molecule is CCCc1cc2c(=O)c(-c3ccc4c(c3)OCO4)c(C)oc2cc1OCC(=O)[O-].CC[NH3+]. The number of benzene rings is 2. The molecule has 3 N–H and O–H groups in total. The number of aryl methyl sites for hydroxylation is 2. The van der Waals surface area contributed by atoms with E-state index in [9.17, 15) is 14.7 Å². The lowest BCUT2D eigenvalue weighted by molar-refractivity contribution is -0.361. The van der Waals surface area contributed by atoms with Crippen LogP contribution in [0.5, 0.6) is 17.2 Å². The first-order valence-corrected chi connectivity index (χ1v) is 10.5. The molecule has 3 aromatic rings. The fraction of sp³-hybridized carbons (Fsp3) is 0.333. The molecule has 8 nitrogen and oxygen atoms in total. The van der Waals surface area contributed by atoms with Gasteiger partial charge in [-0.15, -0.1) is 0 Å². The number of carboxylic acid groups (broad SMARTS) is 1. The minimum atomic E-state index is -1.32. The lowest BCUT2D eigenvalue weighted by Crippen LogP contribution is -2.48. The van der Waals surface area contributed by atoms with Gasteiger partial charge in [-0.25, -0.2) is 0 Å². The first-order chi connectivity index (χ1) is 15.4. The molecule has 0 saturated heterocycles. The molecule has 1 aromatic heterocycles. The Morgan fingerprint density at radius 1 is 1.16 bits per heavy atom. The van der Waals surface area contributed by atoms with Crippen LogP contribution in [0.25, 0.3) is 22.1 Å². The third-order valence-electron chi connectivity index (χ3n) is 4.78. The van der Waals surface area contributed by atoms with Gasteiger partial charge in [0.25, 0.3) is 0 Å². The van der Waals surface area contributed by atoms with Crippen LogP contribution in [0.3, 0.4) is 0 Å². The molecule has 1 aliphatic rings. The summed E-state index contributed by atoms with van der Waals surface area (Å²) in [5.74, 6) is 0.719. The Kier molecular flexibility index (Phi) is 7.37. The molecular weight excluding hydrogens is 414 g/mol. The molecule has 0 fully saturated rings. The van der Waals surface area contributed by atoms with Crippen LogP contribution in [-0.2, 0) is 11.2 Å². The van der Waals surface area contributed by atoms with Crippen molar-refractivity contribution in [1.82, 2.24) is 0 Å². The first kappa shape index (κ1) is 23.1. The van der Waals surface area contributed by atoms with Crippen molar-refractivity contribution >= 4 is 16.9 Å². The number of rotatable bonds is 6. The molecule has 1 aliphatic heterocycles. The van der Waals surface area contributed by atoms with Crippen molar-refractivity contribution in [2.24, 2.45) is 0 Å². The van der Waals surface area contributed by atoms with E-state index in [0.29, 0.717) is 51.5 Å². The summed E-state index contributed by atoms with van der Waals surface area (Å²) in [6.45, 7) is 6.30. The van der Waals surface area contributed by atoms with Gasteiger partial charge in [-0.3, -0.25) is 4.79 Å². The van der Waals surface area contributed by atoms with Crippen molar-refractivity contribution in [3.8, 4) is 28.4 Å². The highest BCUT2D eigenvalue weighted by Gasteiger charge is 2.20. The second kappa shape index (κ2) is 10.2. The van der Waals surface area contributed by atoms with E-state index in [1.807, 2.05) is 13.8 Å². The van der Waals surface area contributed by atoms with E-state index < -0.39 is 12.6 Å². The summed E-state index contributed by atoms with van der Waals surface area (Å²) >= 11 is 0. The minimum Gasteiger partial charge on any atom is -0.546 e. The van der Waals surface area contributed by atoms with E-state index in [2.05, 4.69) is 5.73 Å². The Morgan fingerprint density at radius 2 is 1.88 bits per heavy atom. The van der Waals surface area contributed by atoms with Gasteiger partial charge in [0.2, 0.25) is 12.2 Å². The molecule has 0 unspecified atom stereocenters. The maximum Gasteiger partial charge on any atom is 0.231 e. The van der Waals surface area contributed by atoms with Gasteiger partial charge in [0.05, 0.1) is 23.5 Å². The molecule has 2 aromatic carbocycles. The normalized spacial score (nSPS) is 11.8. The number of carboxylic acids is 1. The van der Waals surface area contributed by atoms with Gasteiger partial charge in [-0.2, -0.15) is 0 Å². The van der Waals surface area contributed by atoms with Crippen LogP contribution in [0.15, 0.2) is 39.5 Å². The maximum absolute atomic E-state index is 13.3. The Morgan fingerprint density at radius 3 is 2.56 bits per heavy atom. The van der Waals surface area contributed by atoms with Crippen molar-refractivity contribution in [2.45, 2.75) is 33.6 Å². The summed E-state index contributed by atoms with van der Waals surface area (Å²) in [6, 6.07) is 8.60. The van der Waals surface area contributed by atoms with Gasteiger partial charge < -0.3 is 34.3 Å². The predicted molar refractivity (Wildman–Crippen MR) is 117 cm³/mol. The van der Waals surface area contributed by atoms with E-state index in [1.54, 1.807) is 37.3 Å². The number of fused-ring (bicyclic) bond motifs is 2. The van der Waals surface area contributed by atoms with Crippen LogP contribution in [0, 0.1) is 6.92 Å². The quantitative estimate of drug-likeness (QED) is 0.618. The van der Waals surface area contributed by atoms with Crippen LogP contribution in [-0.4, -0.2) is 25.9 Å². The second-order valence-electron chi connectivity index (χ2n) is 7.30. The molecule has 0 amide bonds. The average molecular weight is 441 g/mol. The molecule has 170 valence electrons. The molecule has 0 spiro atoms. The van der Waals surface area contributed by atoms with Gasteiger partial charge in [0.1, 0.15) is 23.7 Å². The number of aliphatic carboxylic acids is 1. The highest BCUT2D eigenvalue weighted by Crippen LogP contribution is 2.37. The zero-order chi connectivity index (χ0) is 23.3. The fourth-order valence-electron chi connectivity index (χ4n) is 3.50. The molecule has 0 atom stereocenters. The lowest BCUT2D eigenvalue weighted by atomic mass is 10.00. The lowest BCUT2D eigenvalue weighted by Gasteiger charge is -2.14. The van der Waals surface area contributed by atoms with Gasteiger partial charge in [-0.05, 0) is 49.6 Å². The Bertz CT molecular complexity index is 1180. The van der Waals surface area contributed by atoms with Crippen LogP contribution < -0.4 is 30.5 Å². The van der Waals surface area contributed by atoms with E-state index >= 15 is 0 Å². The summed E-state index contributed by atoms with van der Waals surface area (Å²) in [5.41, 5.74) is 5.52. The summed E-state index contributed by atoms with van der Waals surface area (Å²) in [6.07, 6.45) is 1.43. The third-order valence-corrected chi connectivity index (χ3v) is 4.78. The Hall–Kier alpha value is -3.52.